The first-order chi connectivity index (χ1) is 32.6. The Morgan fingerprint density at radius 1 is 0.429 bits per heavy atom. The molecule has 0 rings (SSSR count). The van der Waals surface area contributed by atoms with E-state index in [1.54, 1.807) is 27.7 Å². The van der Waals surface area contributed by atoms with Gasteiger partial charge in [0.15, 0.2) is 11.9 Å². The Morgan fingerprint density at radius 2 is 0.714 bits per heavy atom. The molecule has 0 fully saturated rings. The van der Waals surface area contributed by atoms with E-state index < -0.39 is 145 Å². The van der Waals surface area contributed by atoms with Gasteiger partial charge in [-0.2, -0.15) is 0 Å². The molecule has 0 aromatic carbocycles. The van der Waals surface area contributed by atoms with Crippen LogP contribution >= 0.6 is 0 Å². The second-order valence-corrected chi connectivity index (χ2v) is 16.8. The number of carboxylic acids is 2. The number of aliphatic carboxylic acids is 2. The Balaban J connectivity index is 6.32. The molecule has 0 aliphatic carbocycles. The van der Waals surface area contributed by atoms with Gasteiger partial charge in [0.05, 0.1) is 26.1 Å². The first-order valence-corrected chi connectivity index (χ1v) is 22.1. The van der Waals surface area contributed by atoms with Crippen molar-refractivity contribution < 1.29 is 73.2 Å². The molecule has 22 N–H and O–H groups in total. The summed E-state index contributed by atoms with van der Waals surface area (Å²) in [7, 11) is 0. The van der Waals surface area contributed by atoms with Gasteiger partial charge in [0, 0.05) is 20.0 Å². The van der Waals surface area contributed by atoms with Crippen LogP contribution in [-0.2, 0) is 52.7 Å². The highest BCUT2D eigenvalue weighted by atomic mass is 16.4. The predicted molar refractivity (Wildman–Crippen MR) is 248 cm³/mol. The molecule has 396 valence electrons. The van der Waals surface area contributed by atoms with Crippen LogP contribution in [0.25, 0.3) is 0 Å². The van der Waals surface area contributed by atoms with Crippen LogP contribution in [0.4, 0.5) is 0 Å². The van der Waals surface area contributed by atoms with E-state index in [4.69, 9.17) is 28.7 Å². The van der Waals surface area contributed by atoms with Gasteiger partial charge in [-0.3, -0.25) is 62.7 Å². The van der Waals surface area contributed by atoms with Crippen molar-refractivity contribution in [2.24, 2.45) is 50.5 Å². The van der Waals surface area contributed by atoms with E-state index in [9.17, 15) is 73.2 Å². The summed E-state index contributed by atoms with van der Waals surface area (Å²) in [6, 6.07) is -13.0. The van der Waals surface area contributed by atoms with Crippen molar-refractivity contribution in [3.8, 4) is 0 Å². The molecule has 0 saturated heterocycles. The van der Waals surface area contributed by atoms with Gasteiger partial charge in [-0.05, 0) is 50.4 Å². The van der Waals surface area contributed by atoms with Crippen molar-refractivity contribution in [1.29, 1.82) is 0 Å². The number of nitrogens with zero attached hydrogens (tertiary/aromatic N) is 2. The number of nitrogens with one attached hydrogen (secondary N) is 8. The zero-order chi connectivity index (χ0) is 53.8. The lowest BCUT2D eigenvalue weighted by atomic mass is 10.0. The van der Waals surface area contributed by atoms with Crippen molar-refractivity contribution >= 4 is 77.0 Å². The van der Waals surface area contributed by atoms with Crippen molar-refractivity contribution in [2.45, 2.75) is 134 Å². The molecule has 0 aliphatic heterocycles. The lowest BCUT2D eigenvalue weighted by Crippen LogP contribution is -2.61. The molecule has 30 heteroatoms. The summed E-state index contributed by atoms with van der Waals surface area (Å²) in [5.41, 5.74) is 26.7. The topological polar surface area (TPSA) is 520 Å². The van der Waals surface area contributed by atoms with Gasteiger partial charge < -0.3 is 91.6 Å². The summed E-state index contributed by atoms with van der Waals surface area (Å²) >= 11 is 0. The Bertz CT molecular complexity index is 1890. The largest absolute Gasteiger partial charge is 0.481 e. The normalized spacial score (nSPS) is 14.3. The molecule has 0 unspecified atom stereocenters. The zero-order valence-corrected chi connectivity index (χ0v) is 39.8. The highest BCUT2D eigenvalue weighted by Gasteiger charge is 2.36. The highest BCUT2D eigenvalue weighted by molar-refractivity contribution is 5.99. The smallest absolute Gasteiger partial charge is 0.305 e. The number of aliphatic imine (C=N–C) groups is 2. The summed E-state index contributed by atoms with van der Waals surface area (Å²) < 4.78 is 0. The summed E-state index contributed by atoms with van der Waals surface area (Å²) in [5, 5.41) is 57.4. The van der Waals surface area contributed by atoms with Crippen molar-refractivity contribution in [3.05, 3.63) is 0 Å². The van der Waals surface area contributed by atoms with Crippen LogP contribution in [0, 0.1) is 11.8 Å². The minimum absolute atomic E-state index is 0.0105. The van der Waals surface area contributed by atoms with Gasteiger partial charge in [-0.25, -0.2) is 0 Å². The molecule has 0 spiro atoms. The predicted octanol–water partition coefficient (Wildman–Crippen LogP) is -7.50. The van der Waals surface area contributed by atoms with E-state index in [2.05, 4.69) is 52.5 Å². The van der Waals surface area contributed by atoms with Gasteiger partial charge in [-0.15, -0.1) is 0 Å². The third-order valence-corrected chi connectivity index (χ3v) is 9.58. The maximum Gasteiger partial charge on any atom is 0.305 e. The molecule has 70 heavy (non-hydrogen) atoms. The number of rotatable bonds is 34. The number of hydrogen-bond acceptors (Lipinski definition) is 15. The monoisotopic (exact) mass is 1000 g/mol. The molecule has 0 aromatic heterocycles. The zero-order valence-electron chi connectivity index (χ0n) is 39.8. The second-order valence-electron chi connectivity index (χ2n) is 16.8. The van der Waals surface area contributed by atoms with Gasteiger partial charge >= 0.3 is 11.9 Å². The first kappa shape index (κ1) is 62.6. The van der Waals surface area contributed by atoms with Crippen LogP contribution in [0.15, 0.2) is 9.98 Å². The molecular weight excluding hydrogens is 931 g/mol. The maximum absolute atomic E-state index is 13.7. The van der Waals surface area contributed by atoms with E-state index in [-0.39, 0.29) is 69.5 Å². The molecular formula is C40H71N15O15. The Hall–Kier alpha value is -7.37. The lowest BCUT2D eigenvalue weighted by molar-refractivity contribution is -0.142. The molecule has 0 bridgehead atoms. The third-order valence-electron chi connectivity index (χ3n) is 9.58. The lowest BCUT2D eigenvalue weighted by Gasteiger charge is -2.27. The molecule has 0 radical (unpaired) electrons. The van der Waals surface area contributed by atoms with Crippen LogP contribution in [0.3, 0.4) is 0 Å². The highest BCUT2D eigenvalue weighted by Crippen LogP contribution is 2.10. The summed E-state index contributed by atoms with van der Waals surface area (Å²) in [5.74, 6) is -13.8. The number of primary amides is 1. The van der Waals surface area contributed by atoms with Gasteiger partial charge in [-0.1, -0.05) is 27.7 Å². The minimum atomic E-state index is -1.99. The molecule has 0 saturated carbocycles. The number of carbonyl (C=O) groups excluding carboxylic acids is 9. The Morgan fingerprint density at radius 3 is 1.01 bits per heavy atom. The fourth-order valence-electron chi connectivity index (χ4n) is 6.27. The van der Waals surface area contributed by atoms with Crippen LogP contribution in [0.5, 0.6) is 0 Å². The standard InChI is InChI=1S/C40H71N15O15/c1-18(2)12-23(33(65)49-21(31(41)63)8-6-10-46-39(42)43)51-37(69)28(17-57)55-36(68)26(15-30(61)62)52-34(66)24(13-19(3)4)50-35(67)25(14-29(59)60)53-38(70)27(16-56)54-32(64)22(48-20(5)58)9-7-11-47-40(44)45/h18-19,21-28,56-57H,6-17H2,1-5H3,(H2,41,63)(H,48,58)(H,49,65)(H,50,67)(H,51,69)(H,52,66)(H,53,70)(H,54,64)(H,55,68)(H,59,60)(H,61,62)(H4,42,43,46)(H4,44,45,47)/t21-,22-,23-,24-,25-,26-,27-,28-/m0/s1. The van der Waals surface area contributed by atoms with E-state index in [1.807, 2.05) is 0 Å². The van der Waals surface area contributed by atoms with Crippen molar-refractivity contribution in [2.75, 3.05) is 26.3 Å². The van der Waals surface area contributed by atoms with Crippen LogP contribution in [0.1, 0.15) is 86.0 Å². The SMILES string of the molecule is CC(=O)N[C@@H](CCCN=C(N)N)C(=O)N[C@@H](CO)C(=O)N[C@@H](CC(=O)O)C(=O)N[C@@H](CC(C)C)C(=O)N[C@@H](CC(=O)O)C(=O)N[C@@H](CO)C(=O)N[C@@H](CC(C)C)C(=O)N[C@@H](CCCN=C(N)N)C(N)=O. The number of carbonyl (C=O) groups is 11. The van der Waals surface area contributed by atoms with Crippen molar-refractivity contribution in [3.63, 3.8) is 0 Å². The second kappa shape index (κ2) is 32.4. The quantitative estimate of drug-likeness (QED) is 0.0162. The number of aliphatic hydroxyl groups is 2. The molecule has 0 aromatic rings. The number of carboxylic acid groups (broad SMARTS) is 2. The number of nitrogens with two attached hydrogens (primary N) is 5. The Labute approximate surface area is 403 Å². The summed E-state index contributed by atoms with van der Waals surface area (Å²) in [6.07, 6.45) is -2.02. The third kappa shape index (κ3) is 26.2. The summed E-state index contributed by atoms with van der Waals surface area (Å²) in [4.78, 5) is 149. The maximum atomic E-state index is 13.7. The van der Waals surface area contributed by atoms with E-state index in [1.165, 1.54) is 0 Å². The number of guanidine groups is 2. The number of amides is 9. The number of aliphatic hydroxyl groups excluding tert-OH is 2. The molecule has 9 amide bonds. The van der Waals surface area contributed by atoms with E-state index in [0.29, 0.717) is 0 Å². The average molecular weight is 1000 g/mol. The van der Waals surface area contributed by atoms with Gasteiger partial charge in [0.2, 0.25) is 53.2 Å². The van der Waals surface area contributed by atoms with E-state index >= 15 is 0 Å². The van der Waals surface area contributed by atoms with Crippen molar-refractivity contribution in [1.82, 2.24) is 42.5 Å². The van der Waals surface area contributed by atoms with Crippen LogP contribution in [0.2, 0.25) is 0 Å². The fourth-order valence-corrected chi connectivity index (χ4v) is 6.27. The van der Waals surface area contributed by atoms with Gasteiger partial charge in [0.25, 0.3) is 0 Å². The van der Waals surface area contributed by atoms with Crippen LogP contribution < -0.4 is 71.2 Å². The van der Waals surface area contributed by atoms with Gasteiger partial charge in [0.1, 0.15) is 48.3 Å². The molecule has 0 heterocycles. The minimum Gasteiger partial charge on any atom is -0.481 e. The fraction of sp³-hybridized carbons (Fsp3) is 0.675. The molecule has 0 aliphatic rings. The first-order valence-electron chi connectivity index (χ1n) is 22.1. The Kier molecular flexibility index (Phi) is 29.0. The molecule has 8 atom stereocenters. The summed E-state index contributed by atoms with van der Waals surface area (Å²) in [6.45, 7) is 5.76. The van der Waals surface area contributed by atoms with E-state index in [0.717, 1.165) is 6.92 Å². The molecule has 30 nitrogen and oxygen atoms in total. The number of hydrogen-bond donors (Lipinski definition) is 17. The van der Waals surface area contributed by atoms with Crippen LogP contribution in [-0.4, -0.2) is 172 Å². The average Bonchev–Trinajstić information content (AvgIpc) is 3.24.